The van der Waals surface area contributed by atoms with Crippen LogP contribution in [0.5, 0.6) is 0 Å². The summed E-state index contributed by atoms with van der Waals surface area (Å²) in [5.74, 6) is 0.385. The van der Waals surface area contributed by atoms with E-state index in [1.807, 2.05) is 36.4 Å². The lowest BCUT2D eigenvalue weighted by Gasteiger charge is -2.46. The average Bonchev–Trinajstić information content (AvgIpc) is 3.60. The first-order valence-corrected chi connectivity index (χ1v) is 30.2. The highest BCUT2D eigenvalue weighted by Gasteiger charge is 2.45. The smallest absolute Gasteiger partial charge is 0.252 e. The summed E-state index contributed by atoms with van der Waals surface area (Å²) in [6, 6.07) is 73.4. The van der Waals surface area contributed by atoms with Crippen LogP contribution in [-0.4, -0.2) is 6.71 Å². The fourth-order valence-electron chi connectivity index (χ4n) is 13.3. The SMILES string of the molecule is CC(C)(C)c1ccc(-c2cc(C(C)(C)C)ccc2N2c3cc(-c4cccc(C#N)c4)ccc3B3c4ccc(-c5cccc(C#N)c5)cc4N(c4ccc(C(C)(C)C)cc4-c4ccc(C(C)(C)C)cc4)c4cc(C5CCCCC5)cc2c43)cc1. The second kappa shape index (κ2) is 20.8. The van der Waals surface area contributed by atoms with Crippen LogP contribution in [-0.2, 0) is 21.7 Å². The Balaban J connectivity index is 1.22. The number of rotatable bonds is 7. The van der Waals surface area contributed by atoms with Crippen molar-refractivity contribution in [3.63, 3.8) is 0 Å². The van der Waals surface area contributed by atoms with Crippen LogP contribution in [0.2, 0.25) is 0 Å². The number of fused-ring (bicyclic) bond motifs is 4. The Morgan fingerprint density at radius 1 is 0.361 bits per heavy atom. The largest absolute Gasteiger partial charge is 0.311 e. The van der Waals surface area contributed by atoms with Crippen molar-refractivity contribution < 1.29 is 0 Å². The second-order valence-electron chi connectivity index (χ2n) is 28.0. The van der Waals surface area contributed by atoms with Crippen molar-refractivity contribution in [2.45, 2.75) is 143 Å². The van der Waals surface area contributed by atoms with E-state index in [4.69, 9.17) is 0 Å². The van der Waals surface area contributed by atoms with Crippen LogP contribution in [0.3, 0.4) is 0 Å². The van der Waals surface area contributed by atoms with Crippen LogP contribution in [0, 0.1) is 22.7 Å². The summed E-state index contributed by atoms with van der Waals surface area (Å²) >= 11 is 0. The highest BCUT2D eigenvalue weighted by molar-refractivity contribution is 7.00. The third-order valence-corrected chi connectivity index (χ3v) is 18.2. The highest BCUT2D eigenvalue weighted by atomic mass is 15.2. The maximum Gasteiger partial charge on any atom is 0.252 e. The lowest BCUT2D eigenvalue weighted by atomic mass is 9.33. The van der Waals surface area contributed by atoms with E-state index in [9.17, 15) is 10.5 Å². The van der Waals surface area contributed by atoms with Gasteiger partial charge in [0.1, 0.15) is 0 Å². The van der Waals surface area contributed by atoms with Gasteiger partial charge in [-0.2, -0.15) is 10.5 Å². The molecule has 1 aliphatic carbocycles. The van der Waals surface area contributed by atoms with Crippen LogP contribution in [0.4, 0.5) is 34.1 Å². The lowest BCUT2D eigenvalue weighted by molar-refractivity contribution is 0.444. The fourth-order valence-corrected chi connectivity index (χ4v) is 13.3. The number of hydrogen-bond donors (Lipinski definition) is 0. The van der Waals surface area contributed by atoms with Crippen molar-refractivity contribution >= 4 is 57.2 Å². The molecule has 0 saturated heterocycles. The number of anilines is 6. The molecule has 9 aromatic rings. The molecule has 0 radical (unpaired) electrons. The molecule has 5 heteroatoms. The van der Waals surface area contributed by atoms with Gasteiger partial charge in [-0.1, -0.05) is 212 Å². The lowest BCUT2D eigenvalue weighted by Crippen LogP contribution is -2.61. The van der Waals surface area contributed by atoms with E-state index in [1.165, 1.54) is 97.1 Å². The minimum absolute atomic E-state index is 0.000274. The molecule has 0 N–H and O–H groups in total. The van der Waals surface area contributed by atoms with Gasteiger partial charge in [-0.15, -0.1) is 0 Å². The van der Waals surface area contributed by atoms with Crippen molar-refractivity contribution in [1.82, 2.24) is 0 Å². The summed E-state index contributed by atoms with van der Waals surface area (Å²) in [6.07, 6.45) is 5.97. The molecule has 2 aliphatic heterocycles. The average molecular weight is 1080 g/mol. The van der Waals surface area contributed by atoms with Crippen LogP contribution in [0.1, 0.15) is 160 Å². The first-order chi connectivity index (χ1) is 39.6. The number of hydrogen-bond acceptors (Lipinski definition) is 4. The van der Waals surface area contributed by atoms with Crippen LogP contribution in [0.15, 0.2) is 182 Å². The Kier molecular flexibility index (Phi) is 13.8. The predicted molar refractivity (Wildman–Crippen MR) is 352 cm³/mol. The van der Waals surface area contributed by atoms with Gasteiger partial charge >= 0.3 is 0 Å². The molecule has 3 aliphatic rings. The zero-order valence-electron chi connectivity index (χ0n) is 50.8. The predicted octanol–water partition coefficient (Wildman–Crippen LogP) is 19.4. The highest BCUT2D eigenvalue weighted by Crippen LogP contribution is 2.52. The molecule has 0 unspecified atom stereocenters. The van der Waals surface area contributed by atoms with Gasteiger partial charge in [0.25, 0.3) is 6.71 Å². The Labute approximate surface area is 495 Å². The summed E-state index contributed by atoms with van der Waals surface area (Å²) in [6.45, 7) is 27.5. The topological polar surface area (TPSA) is 54.1 Å². The third kappa shape index (κ3) is 10.3. The molecule has 0 spiro atoms. The molecule has 0 bridgehead atoms. The van der Waals surface area contributed by atoms with Crippen molar-refractivity contribution in [1.29, 1.82) is 10.5 Å². The van der Waals surface area contributed by atoms with E-state index in [2.05, 4.69) is 251 Å². The molecule has 1 fully saturated rings. The summed E-state index contributed by atoms with van der Waals surface area (Å²) < 4.78 is 0. The molecule has 2 heterocycles. The summed E-state index contributed by atoms with van der Waals surface area (Å²) in [4.78, 5) is 5.27. The van der Waals surface area contributed by atoms with E-state index in [1.54, 1.807) is 0 Å². The van der Waals surface area contributed by atoms with Gasteiger partial charge in [0.15, 0.2) is 0 Å². The Morgan fingerprint density at radius 2 is 0.735 bits per heavy atom. The van der Waals surface area contributed by atoms with Crippen molar-refractivity contribution in [2.75, 3.05) is 9.80 Å². The molecule has 412 valence electrons. The maximum atomic E-state index is 10.2. The van der Waals surface area contributed by atoms with Gasteiger partial charge in [-0.3, -0.25) is 0 Å². The molecule has 9 aromatic carbocycles. The van der Waals surface area contributed by atoms with Crippen LogP contribution >= 0.6 is 0 Å². The van der Waals surface area contributed by atoms with Gasteiger partial charge in [0.2, 0.25) is 0 Å². The van der Waals surface area contributed by atoms with E-state index in [0.29, 0.717) is 17.0 Å². The number of nitriles is 2. The van der Waals surface area contributed by atoms with Gasteiger partial charge in [-0.05, 0) is 191 Å². The number of benzene rings is 9. The molecule has 12 rings (SSSR count). The molecular weight excluding hydrogens is 1000 g/mol. The molecule has 83 heavy (non-hydrogen) atoms. The van der Waals surface area contributed by atoms with Gasteiger partial charge in [-0.25, -0.2) is 0 Å². The normalized spacial score (nSPS) is 14.4. The molecule has 1 saturated carbocycles. The van der Waals surface area contributed by atoms with Crippen molar-refractivity contribution in [2.24, 2.45) is 0 Å². The van der Waals surface area contributed by atoms with Gasteiger partial charge < -0.3 is 9.80 Å². The quantitative estimate of drug-likeness (QED) is 0.149. The van der Waals surface area contributed by atoms with Crippen LogP contribution in [0.25, 0.3) is 44.5 Å². The second-order valence-corrected chi connectivity index (χ2v) is 28.0. The summed E-state index contributed by atoms with van der Waals surface area (Å²) in [5, 5.41) is 20.4. The number of nitrogens with zero attached hydrogens (tertiary/aromatic N) is 4. The first-order valence-electron chi connectivity index (χ1n) is 30.2. The van der Waals surface area contributed by atoms with Gasteiger partial charge in [0, 0.05) is 33.9 Å². The molecular formula is C78H77BN4. The molecule has 0 amide bonds. The minimum atomic E-state index is -0.149. The van der Waals surface area contributed by atoms with E-state index >= 15 is 0 Å². The first kappa shape index (κ1) is 55.2. The van der Waals surface area contributed by atoms with E-state index in [-0.39, 0.29) is 28.4 Å². The minimum Gasteiger partial charge on any atom is -0.311 e. The Hall–Kier alpha value is -8.38. The standard InChI is InChI=1S/C78H77BN4/c1-75(2,3)60-30-24-53(25-31-60)64-46-62(77(7,8)9)34-38-68(64)82-70-42-57(55-22-16-18-50(40-55)48-80)28-36-66(70)79-67-37-29-58(56-23-17-19-51(41-56)49-81)43-71(67)83(73-45-59(44-72(82)74(73)79)52-20-14-13-15-21-52)69-39-35-63(78(10,11)12)47-65(69)54-26-32-61(33-27-54)76(4,5)6/h16-19,22-47,52H,13-15,20-21H2,1-12H3. The molecule has 0 atom stereocenters. The van der Waals surface area contributed by atoms with Crippen LogP contribution < -0.4 is 26.2 Å². The summed E-state index contributed by atoms with van der Waals surface area (Å²) in [5.41, 5.74) is 27.1. The molecule has 4 nitrogen and oxygen atoms in total. The van der Waals surface area contributed by atoms with E-state index < -0.39 is 0 Å². The maximum absolute atomic E-state index is 10.2. The third-order valence-electron chi connectivity index (χ3n) is 18.2. The van der Waals surface area contributed by atoms with E-state index in [0.717, 1.165) is 57.8 Å². The zero-order chi connectivity index (χ0) is 58.3. The van der Waals surface area contributed by atoms with Gasteiger partial charge in [0.05, 0.1) is 34.6 Å². The molecule has 0 aromatic heterocycles. The van der Waals surface area contributed by atoms with Crippen molar-refractivity contribution in [3.05, 3.63) is 221 Å². The monoisotopic (exact) mass is 1080 g/mol. The fraction of sp³-hybridized carbons (Fsp3) is 0.282. The Bertz CT molecular complexity index is 3820. The van der Waals surface area contributed by atoms with Crippen molar-refractivity contribution in [3.8, 4) is 56.6 Å². The Morgan fingerprint density at radius 3 is 1.12 bits per heavy atom. The zero-order valence-corrected chi connectivity index (χ0v) is 50.8. The summed E-state index contributed by atoms with van der Waals surface area (Å²) in [7, 11) is 0.